The summed E-state index contributed by atoms with van der Waals surface area (Å²) in [6.07, 6.45) is 3.15. The summed E-state index contributed by atoms with van der Waals surface area (Å²) in [4.78, 5) is 29.2. The zero-order valence-electron chi connectivity index (χ0n) is 23.3. The van der Waals surface area contributed by atoms with Crippen LogP contribution in [0.3, 0.4) is 0 Å². The lowest BCUT2D eigenvalue weighted by atomic mass is 10.0. The van der Waals surface area contributed by atoms with E-state index >= 15 is 0 Å². The van der Waals surface area contributed by atoms with E-state index in [1.807, 2.05) is 74.5 Å². The van der Waals surface area contributed by atoms with Crippen LogP contribution in [-0.2, 0) is 32.6 Å². The first-order chi connectivity index (χ1) is 18.6. The van der Waals surface area contributed by atoms with Gasteiger partial charge in [0.25, 0.3) is 0 Å². The predicted octanol–water partition coefficient (Wildman–Crippen LogP) is 4.63. The van der Waals surface area contributed by atoms with Crippen LogP contribution in [0.15, 0.2) is 78.9 Å². The molecule has 0 aliphatic rings. The molecule has 0 aliphatic heterocycles. The Balaban J connectivity index is 2.03. The monoisotopic (exact) mass is 549 g/mol. The summed E-state index contributed by atoms with van der Waals surface area (Å²) in [5.74, 6) is -0.703. The van der Waals surface area contributed by atoms with Crippen molar-refractivity contribution in [3.63, 3.8) is 0 Å². The Bertz CT molecular complexity index is 1340. The number of nitrogens with zero attached hydrogens (tertiary/aromatic N) is 2. The lowest BCUT2D eigenvalue weighted by Gasteiger charge is -2.33. The number of hydrogen-bond donors (Lipinski definition) is 1. The van der Waals surface area contributed by atoms with Gasteiger partial charge in [-0.15, -0.1) is 0 Å². The molecule has 1 unspecified atom stereocenters. The minimum absolute atomic E-state index is 0.170. The van der Waals surface area contributed by atoms with E-state index in [1.54, 1.807) is 25.1 Å². The summed E-state index contributed by atoms with van der Waals surface area (Å²) in [5, 5.41) is 2.99. The van der Waals surface area contributed by atoms with Gasteiger partial charge < -0.3 is 10.2 Å². The number of anilines is 1. The van der Waals surface area contributed by atoms with Gasteiger partial charge in [0.2, 0.25) is 21.8 Å². The number of carbonyl (C=O) groups excluding carboxylic acids is 2. The fraction of sp³-hybridized carbons (Fsp3) is 0.355. The van der Waals surface area contributed by atoms with Crippen LogP contribution in [0.25, 0.3) is 0 Å². The lowest BCUT2D eigenvalue weighted by Crippen LogP contribution is -2.53. The third kappa shape index (κ3) is 8.68. The number of carbonyl (C=O) groups is 2. The maximum absolute atomic E-state index is 14.1. The van der Waals surface area contributed by atoms with Crippen LogP contribution in [0.5, 0.6) is 0 Å². The molecule has 0 radical (unpaired) electrons. The van der Waals surface area contributed by atoms with Crippen molar-refractivity contribution < 1.29 is 18.0 Å². The normalized spacial score (nSPS) is 12.0. The molecule has 3 aromatic carbocycles. The number of benzene rings is 3. The summed E-state index contributed by atoms with van der Waals surface area (Å²) < 4.78 is 26.9. The molecule has 2 amide bonds. The van der Waals surface area contributed by atoms with Crippen LogP contribution in [0.2, 0.25) is 0 Å². The molecule has 0 spiro atoms. The number of sulfonamides is 1. The summed E-state index contributed by atoms with van der Waals surface area (Å²) in [7, 11) is -3.78. The van der Waals surface area contributed by atoms with Gasteiger partial charge >= 0.3 is 0 Å². The number of para-hydroxylation sites is 1. The predicted molar refractivity (Wildman–Crippen MR) is 157 cm³/mol. The Labute approximate surface area is 232 Å². The number of amides is 2. The number of hydrogen-bond acceptors (Lipinski definition) is 4. The van der Waals surface area contributed by atoms with Gasteiger partial charge in [-0.1, -0.05) is 91.7 Å². The minimum Gasteiger partial charge on any atom is -0.354 e. The number of rotatable bonds is 13. The molecule has 3 aromatic rings. The van der Waals surface area contributed by atoms with Crippen LogP contribution >= 0.6 is 0 Å². The van der Waals surface area contributed by atoms with E-state index in [4.69, 9.17) is 0 Å². The second-order valence-electron chi connectivity index (χ2n) is 9.91. The van der Waals surface area contributed by atoms with Gasteiger partial charge in [-0.25, -0.2) is 8.42 Å². The summed E-state index contributed by atoms with van der Waals surface area (Å²) in [6.45, 7) is 6.10. The molecule has 0 heterocycles. The van der Waals surface area contributed by atoms with Gasteiger partial charge in [-0.3, -0.25) is 13.9 Å². The zero-order chi connectivity index (χ0) is 28.4. The maximum atomic E-state index is 14.1. The summed E-state index contributed by atoms with van der Waals surface area (Å²) >= 11 is 0. The van der Waals surface area contributed by atoms with Gasteiger partial charge in [0.05, 0.1) is 11.9 Å². The Hall–Kier alpha value is -3.65. The van der Waals surface area contributed by atoms with E-state index in [-0.39, 0.29) is 12.5 Å². The topological polar surface area (TPSA) is 86.8 Å². The molecule has 0 aliphatic carbocycles. The Morgan fingerprint density at radius 2 is 1.51 bits per heavy atom. The SMILES string of the molecule is CCCCNC(=O)C(Cc1ccccc1)N(Cc1ccc(C)cc1)C(=O)CN(c1ccccc1C)S(C)(=O)=O. The molecule has 3 rings (SSSR count). The van der Waals surface area contributed by atoms with Gasteiger partial charge in [0.1, 0.15) is 12.6 Å². The van der Waals surface area contributed by atoms with Crippen molar-refractivity contribution in [3.05, 3.63) is 101 Å². The smallest absolute Gasteiger partial charge is 0.244 e. The molecule has 0 saturated heterocycles. The summed E-state index contributed by atoms with van der Waals surface area (Å²) in [5.41, 5.74) is 4.02. The highest BCUT2D eigenvalue weighted by Crippen LogP contribution is 2.23. The van der Waals surface area contributed by atoms with Crippen LogP contribution in [0.4, 0.5) is 5.69 Å². The average Bonchev–Trinajstić information content (AvgIpc) is 2.91. The van der Waals surface area contributed by atoms with Gasteiger partial charge in [-0.2, -0.15) is 0 Å². The van der Waals surface area contributed by atoms with Crippen LogP contribution in [0, 0.1) is 13.8 Å². The molecule has 1 atom stereocenters. The third-order valence-electron chi connectivity index (χ3n) is 6.64. The van der Waals surface area contributed by atoms with Gasteiger partial charge in [-0.05, 0) is 43.0 Å². The van der Waals surface area contributed by atoms with E-state index < -0.39 is 28.5 Å². The van der Waals surface area contributed by atoms with E-state index in [2.05, 4.69) is 5.32 Å². The first kappa shape index (κ1) is 29.9. The van der Waals surface area contributed by atoms with Crippen molar-refractivity contribution in [2.75, 3.05) is 23.7 Å². The molecule has 0 aromatic heterocycles. The molecule has 0 fully saturated rings. The largest absolute Gasteiger partial charge is 0.354 e. The van der Waals surface area contributed by atoms with Crippen molar-refractivity contribution in [2.45, 2.75) is 52.6 Å². The molecule has 1 N–H and O–H groups in total. The minimum atomic E-state index is -3.78. The molecular weight excluding hydrogens is 510 g/mol. The van der Waals surface area contributed by atoms with Gasteiger partial charge in [0.15, 0.2) is 0 Å². The van der Waals surface area contributed by atoms with Crippen molar-refractivity contribution in [2.24, 2.45) is 0 Å². The van der Waals surface area contributed by atoms with E-state index in [0.717, 1.165) is 45.7 Å². The van der Waals surface area contributed by atoms with E-state index in [1.165, 1.54) is 4.90 Å². The second kappa shape index (κ2) is 13.9. The fourth-order valence-corrected chi connectivity index (χ4v) is 5.30. The van der Waals surface area contributed by atoms with Crippen LogP contribution < -0.4 is 9.62 Å². The van der Waals surface area contributed by atoms with Crippen molar-refractivity contribution in [3.8, 4) is 0 Å². The molecule has 7 nitrogen and oxygen atoms in total. The van der Waals surface area contributed by atoms with Gasteiger partial charge in [0, 0.05) is 19.5 Å². The standard InChI is InChI=1S/C31H39N3O4S/c1-5-6-20-32-31(36)29(21-26-13-8-7-9-14-26)33(22-27-18-16-24(2)17-19-27)30(35)23-34(39(4,37)38)28-15-11-10-12-25(28)3/h7-19,29H,5-6,20-23H2,1-4H3,(H,32,36). The molecule has 8 heteroatoms. The Morgan fingerprint density at radius 3 is 2.13 bits per heavy atom. The molecule has 0 saturated carbocycles. The first-order valence-electron chi connectivity index (χ1n) is 13.3. The molecule has 208 valence electrons. The van der Waals surface area contributed by atoms with E-state index in [9.17, 15) is 18.0 Å². The Morgan fingerprint density at radius 1 is 0.872 bits per heavy atom. The number of aryl methyl sites for hydroxylation is 2. The highest BCUT2D eigenvalue weighted by atomic mass is 32.2. The van der Waals surface area contributed by atoms with Crippen molar-refractivity contribution in [1.29, 1.82) is 0 Å². The molecule has 0 bridgehead atoms. The molecular formula is C31H39N3O4S. The Kier molecular flexibility index (Phi) is 10.7. The third-order valence-corrected chi connectivity index (χ3v) is 7.76. The second-order valence-corrected chi connectivity index (χ2v) is 11.8. The average molecular weight is 550 g/mol. The maximum Gasteiger partial charge on any atom is 0.244 e. The highest BCUT2D eigenvalue weighted by molar-refractivity contribution is 7.92. The summed E-state index contributed by atoms with van der Waals surface area (Å²) in [6, 6.07) is 23.6. The number of nitrogens with one attached hydrogen (secondary N) is 1. The molecule has 39 heavy (non-hydrogen) atoms. The highest BCUT2D eigenvalue weighted by Gasteiger charge is 2.33. The fourth-order valence-electron chi connectivity index (χ4n) is 4.39. The van der Waals surface area contributed by atoms with Crippen molar-refractivity contribution in [1.82, 2.24) is 10.2 Å². The van der Waals surface area contributed by atoms with E-state index in [0.29, 0.717) is 18.7 Å². The van der Waals surface area contributed by atoms with Crippen LogP contribution in [0.1, 0.15) is 42.0 Å². The zero-order valence-corrected chi connectivity index (χ0v) is 24.1. The van der Waals surface area contributed by atoms with Crippen LogP contribution in [-0.4, -0.2) is 50.5 Å². The quantitative estimate of drug-likeness (QED) is 0.315. The number of unbranched alkanes of at least 4 members (excludes halogenated alkanes) is 1. The van der Waals surface area contributed by atoms with Crippen molar-refractivity contribution >= 4 is 27.5 Å². The first-order valence-corrected chi connectivity index (χ1v) is 15.1. The lowest BCUT2D eigenvalue weighted by molar-refractivity contribution is -0.140.